The van der Waals surface area contributed by atoms with Crippen molar-refractivity contribution in [2.45, 2.75) is 33.2 Å². The van der Waals surface area contributed by atoms with Crippen LogP contribution in [0, 0.1) is 13.8 Å². The number of carbonyl (C=O) groups is 1. The third-order valence-electron chi connectivity index (χ3n) is 4.00. The Hall–Kier alpha value is -1.85. The maximum absolute atomic E-state index is 12.0. The summed E-state index contributed by atoms with van der Waals surface area (Å²) in [5, 5.41) is 7.36. The molecule has 126 valence electrons. The molecule has 2 rings (SSSR count). The summed E-state index contributed by atoms with van der Waals surface area (Å²) in [5.74, 6) is -0.0387. The first-order chi connectivity index (χ1) is 10.5. The molecule has 0 fully saturated rings. The molecule has 1 aromatic heterocycles. The zero-order valence-electron chi connectivity index (χ0n) is 13.9. The van der Waals surface area contributed by atoms with Crippen molar-refractivity contribution in [3.8, 4) is 0 Å². The summed E-state index contributed by atoms with van der Waals surface area (Å²) in [7, 11) is 1.96. The van der Waals surface area contributed by atoms with Gasteiger partial charge in [0.05, 0.1) is 5.69 Å². The van der Waals surface area contributed by atoms with Gasteiger partial charge in [-0.05, 0) is 49.9 Å². The number of hydrogen-bond donors (Lipinski definition) is 2. The standard InChI is InChI=1S/C17H24N4O.ClH/c1-12-16(13(2)21(3)20-12)5-4-10-19-17(22)15-8-6-14(11-18)7-9-15;/h6-9H,4-5,10-11,18H2,1-3H3,(H,19,22);1H. The summed E-state index contributed by atoms with van der Waals surface area (Å²) in [6.07, 6.45) is 1.83. The van der Waals surface area contributed by atoms with Gasteiger partial charge in [0.2, 0.25) is 0 Å². The highest BCUT2D eigenvalue weighted by atomic mass is 35.5. The van der Waals surface area contributed by atoms with Crippen LogP contribution < -0.4 is 11.1 Å². The molecule has 0 aliphatic carbocycles. The molecule has 23 heavy (non-hydrogen) atoms. The lowest BCUT2D eigenvalue weighted by atomic mass is 10.1. The average molecular weight is 337 g/mol. The summed E-state index contributed by atoms with van der Waals surface area (Å²) in [6.45, 7) is 5.25. The van der Waals surface area contributed by atoms with Crippen LogP contribution in [0.1, 0.15) is 39.3 Å². The maximum Gasteiger partial charge on any atom is 0.251 e. The van der Waals surface area contributed by atoms with Gasteiger partial charge in [-0.15, -0.1) is 12.4 Å². The zero-order chi connectivity index (χ0) is 16.1. The van der Waals surface area contributed by atoms with Crippen LogP contribution in [-0.2, 0) is 20.0 Å². The Bertz CT molecular complexity index is 649. The Morgan fingerprint density at radius 2 is 1.91 bits per heavy atom. The van der Waals surface area contributed by atoms with Crippen molar-refractivity contribution in [2.75, 3.05) is 6.54 Å². The van der Waals surface area contributed by atoms with Crippen LogP contribution in [0.2, 0.25) is 0 Å². The van der Waals surface area contributed by atoms with Crippen molar-refractivity contribution < 1.29 is 4.79 Å². The summed E-state index contributed by atoms with van der Waals surface area (Å²) in [5.41, 5.74) is 10.8. The Kier molecular flexibility index (Phi) is 7.26. The molecule has 1 heterocycles. The smallest absolute Gasteiger partial charge is 0.251 e. The van der Waals surface area contributed by atoms with Crippen molar-refractivity contribution in [3.63, 3.8) is 0 Å². The second-order valence-corrected chi connectivity index (χ2v) is 5.53. The molecule has 1 aromatic carbocycles. The lowest BCUT2D eigenvalue weighted by Gasteiger charge is -2.06. The van der Waals surface area contributed by atoms with Gasteiger partial charge in [-0.2, -0.15) is 5.10 Å². The van der Waals surface area contributed by atoms with Crippen LogP contribution in [-0.4, -0.2) is 22.2 Å². The number of halogens is 1. The van der Waals surface area contributed by atoms with Crippen molar-refractivity contribution in [3.05, 3.63) is 52.3 Å². The number of carbonyl (C=O) groups excluding carboxylic acids is 1. The highest BCUT2D eigenvalue weighted by molar-refractivity contribution is 5.94. The van der Waals surface area contributed by atoms with E-state index in [1.54, 1.807) is 0 Å². The molecule has 2 aromatic rings. The first-order valence-electron chi connectivity index (χ1n) is 7.59. The Morgan fingerprint density at radius 3 is 2.43 bits per heavy atom. The molecule has 6 heteroatoms. The molecule has 0 atom stereocenters. The third-order valence-corrected chi connectivity index (χ3v) is 4.00. The minimum absolute atomic E-state index is 0. The predicted molar refractivity (Wildman–Crippen MR) is 94.9 cm³/mol. The van der Waals surface area contributed by atoms with Gasteiger partial charge in [-0.25, -0.2) is 0 Å². The van der Waals surface area contributed by atoms with Gasteiger partial charge in [0.15, 0.2) is 0 Å². The van der Waals surface area contributed by atoms with E-state index in [2.05, 4.69) is 17.3 Å². The van der Waals surface area contributed by atoms with Gasteiger partial charge in [-0.3, -0.25) is 9.48 Å². The SMILES string of the molecule is Cc1nn(C)c(C)c1CCCNC(=O)c1ccc(CN)cc1.Cl. The normalized spacial score (nSPS) is 10.3. The molecule has 0 aliphatic heterocycles. The fourth-order valence-corrected chi connectivity index (χ4v) is 2.54. The van der Waals surface area contributed by atoms with E-state index in [1.807, 2.05) is 42.9 Å². The predicted octanol–water partition coefficient (Wildman–Crippen LogP) is 2.28. The first kappa shape index (κ1) is 19.2. The van der Waals surface area contributed by atoms with Crippen molar-refractivity contribution in [2.24, 2.45) is 12.8 Å². The highest BCUT2D eigenvalue weighted by Crippen LogP contribution is 2.13. The van der Waals surface area contributed by atoms with Crippen molar-refractivity contribution in [1.29, 1.82) is 0 Å². The van der Waals surface area contributed by atoms with Crippen LogP contribution in [0.3, 0.4) is 0 Å². The fourth-order valence-electron chi connectivity index (χ4n) is 2.54. The third kappa shape index (κ3) is 4.81. The lowest BCUT2D eigenvalue weighted by Crippen LogP contribution is -2.24. The summed E-state index contributed by atoms with van der Waals surface area (Å²) in [4.78, 5) is 12.0. The van der Waals surface area contributed by atoms with E-state index in [0.717, 1.165) is 24.1 Å². The lowest BCUT2D eigenvalue weighted by molar-refractivity contribution is 0.0953. The van der Waals surface area contributed by atoms with Crippen LogP contribution in [0.15, 0.2) is 24.3 Å². The molecule has 0 radical (unpaired) electrons. The fraction of sp³-hybridized carbons (Fsp3) is 0.412. The largest absolute Gasteiger partial charge is 0.352 e. The van der Waals surface area contributed by atoms with E-state index >= 15 is 0 Å². The molecular formula is C17H25ClN4O. The number of nitrogens with one attached hydrogen (secondary N) is 1. The van der Waals surface area contributed by atoms with Crippen LogP contribution in [0.25, 0.3) is 0 Å². The molecule has 0 saturated carbocycles. The van der Waals surface area contributed by atoms with Crippen LogP contribution in [0.5, 0.6) is 0 Å². The van der Waals surface area contributed by atoms with Crippen molar-refractivity contribution in [1.82, 2.24) is 15.1 Å². The molecular weight excluding hydrogens is 312 g/mol. The number of amides is 1. The van der Waals surface area contributed by atoms with E-state index < -0.39 is 0 Å². The number of aryl methyl sites for hydroxylation is 2. The molecule has 1 amide bonds. The monoisotopic (exact) mass is 336 g/mol. The van der Waals surface area contributed by atoms with E-state index in [-0.39, 0.29) is 18.3 Å². The number of nitrogens with zero attached hydrogens (tertiary/aromatic N) is 2. The molecule has 3 N–H and O–H groups in total. The average Bonchev–Trinajstić information content (AvgIpc) is 2.77. The topological polar surface area (TPSA) is 72.9 Å². The van der Waals surface area contributed by atoms with E-state index in [1.165, 1.54) is 11.3 Å². The minimum atomic E-state index is -0.0387. The van der Waals surface area contributed by atoms with Gasteiger partial charge in [0, 0.05) is 31.4 Å². The molecule has 5 nitrogen and oxygen atoms in total. The highest BCUT2D eigenvalue weighted by Gasteiger charge is 2.09. The summed E-state index contributed by atoms with van der Waals surface area (Å²) in [6, 6.07) is 7.40. The number of hydrogen-bond acceptors (Lipinski definition) is 3. The first-order valence-corrected chi connectivity index (χ1v) is 7.59. The van der Waals surface area contributed by atoms with Gasteiger partial charge >= 0.3 is 0 Å². The van der Waals surface area contributed by atoms with Gasteiger partial charge in [0.25, 0.3) is 5.91 Å². The molecule has 0 saturated heterocycles. The molecule has 0 bridgehead atoms. The van der Waals surface area contributed by atoms with E-state index in [4.69, 9.17) is 5.73 Å². The Balaban J connectivity index is 0.00000264. The van der Waals surface area contributed by atoms with Gasteiger partial charge < -0.3 is 11.1 Å². The quantitative estimate of drug-likeness (QED) is 0.795. The second-order valence-electron chi connectivity index (χ2n) is 5.53. The molecule has 0 unspecified atom stereocenters. The number of nitrogens with two attached hydrogens (primary N) is 1. The summed E-state index contributed by atoms with van der Waals surface area (Å²) >= 11 is 0. The maximum atomic E-state index is 12.0. The van der Waals surface area contributed by atoms with Gasteiger partial charge in [0.1, 0.15) is 0 Å². The van der Waals surface area contributed by atoms with Crippen LogP contribution >= 0.6 is 12.4 Å². The van der Waals surface area contributed by atoms with E-state index in [0.29, 0.717) is 18.7 Å². The number of rotatable bonds is 6. The molecule has 0 aliphatic rings. The zero-order valence-corrected chi connectivity index (χ0v) is 14.7. The minimum Gasteiger partial charge on any atom is -0.352 e. The van der Waals surface area contributed by atoms with Crippen LogP contribution in [0.4, 0.5) is 0 Å². The van der Waals surface area contributed by atoms with Gasteiger partial charge in [-0.1, -0.05) is 12.1 Å². The summed E-state index contributed by atoms with van der Waals surface area (Å²) < 4.78 is 1.91. The number of benzene rings is 1. The Morgan fingerprint density at radius 1 is 1.26 bits per heavy atom. The second kappa shape index (κ2) is 8.70. The molecule has 0 spiro atoms. The number of aromatic nitrogens is 2. The van der Waals surface area contributed by atoms with E-state index in [9.17, 15) is 4.79 Å². The van der Waals surface area contributed by atoms with Crippen molar-refractivity contribution >= 4 is 18.3 Å². The Labute approximate surface area is 143 Å².